The van der Waals surface area contributed by atoms with E-state index in [0.717, 1.165) is 23.4 Å². The van der Waals surface area contributed by atoms with E-state index in [1.807, 2.05) is 6.20 Å². The van der Waals surface area contributed by atoms with Gasteiger partial charge in [-0.3, -0.25) is 14.5 Å². The van der Waals surface area contributed by atoms with Crippen molar-refractivity contribution in [3.8, 4) is 0 Å². The normalized spacial score (nSPS) is 27.4. The Balaban J connectivity index is 1.27. The van der Waals surface area contributed by atoms with E-state index in [9.17, 15) is 9.59 Å². The van der Waals surface area contributed by atoms with Gasteiger partial charge in [-0.2, -0.15) is 0 Å². The van der Waals surface area contributed by atoms with Crippen LogP contribution < -0.4 is 0 Å². The van der Waals surface area contributed by atoms with Gasteiger partial charge in [0.05, 0.1) is 11.1 Å². The molecule has 5 nitrogen and oxygen atoms in total. The van der Waals surface area contributed by atoms with Crippen LogP contribution >= 0.6 is 0 Å². The van der Waals surface area contributed by atoms with Crippen molar-refractivity contribution in [2.24, 2.45) is 11.8 Å². The number of benzene rings is 1. The fourth-order valence-electron chi connectivity index (χ4n) is 4.95. The van der Waals surface area contributed by atoms with Crippen molar-refractivity contribution in [3.63, 3.8) is 0 Å². The van der Waals surface area contributed by atoms with Crippen molar-refractivity contribution >= 4 is 11.8 Å². The van der Waals surface area contributed by atoms with E-state index in [4.69, 9.17) is 0 Å². The van der Waals surface area contributed by atoms with Gasteiger partial charge in [-0.15, -0.1) is 0 Å². The van der Waals surface area contributed by atoms with Crippen LogP contribution in [-0.4, -0.2) is 33.2 Å². The molecule has 1 N–H and O–H groups in total. The number of hydrogen-bond donors (Lipinski definition) is 1. The molecule has 0 spiro atoms. The van der Waals surface area contributed by atoms with Gasteiger partial charge in [0, 0.05) is 30.8 Å². The Bertz CT molecular complexity index is 821. The minimum absolute atomic E-state index is 0.187. The van der Waals surface area contributed by atoms with Crippen molar-refractivity contribution in [1.29, 1.82) is 0 Å². The number of fused-ring (bicyclic) bond motifs is 3. The van der Waals surface area contributed by atoms with E-state index >= 15 is 0 Å². The van der Waals surface area contributed by atoms with Gasteiger partial charge in [0.25, 0.3) is 11.8 Å². The summed E-state index contributed by atoms with van der Waals surface area (Å²) in [5.41, 5.74) is 2.04. The number of nitrogens with one attached hydrogen (secondary N) is 1. The number of carbonyl (C=O) groups is 2. The molecule has 2 bridgehead atoms. The number of imidazole rings is 1. The molecular formula is C20H21N3O2. The zero-order valence-corrected chi connectivity index (χ0v) is 14.1. The Labute approximate surface area is 146 Å². The second kappa shape index (κ2) is 5.55. The quantitative estimate of drug-likeness (QED) is 0.873. The van der Waals surface area contributed by atoms with Crippen LogP contribution in [0.25, 0.3) is 0 Å². The minimum Gasteiger partial charge on any atom is -0.346 e. The van der Waals surface area contributed by atoms with Crippen LogP contribution in [0, 0.1) is 11.8 Å². The summed E-state index contributed by atoms with van der Waals surface area (Å²) in [6.45, 7) is 0.394. The topological polar surface area (TPSA) is 66.1 Å². The molecule has 2 heterocycles. The van der Waals surface area contributed by atoms with Crippen LogP contribution in [0.4, 0.5) is 0 Å². The van der Waals surface area contributed by atoms with Gasteiger partial charge >= 0.3 is 0 Å². The summed E-state index contributed by atoms with van der Waals surface area (Å²) in [4.78, 5) is 34.2. The van der Waals surface area contributed by atoms with Crippen LogP contribution in [0.2, 0.25) is 0 Å². The Kier molecular flexibility index (Phi) is 3.30. The average molecular weight is 335 g/mol. The number of nitrogens with zero attached hydrogens (tertiary/aromatic N) is 2. The molecule has 1 aromatic heterocycles. The van der Waals surface area contributed by atoms with Crippen LogP contribution in [0.15, 0.2) is 30.5 Å². The number of hydrogen-bond acceptors (Lipinski definition) is 3. The van der Waals surface area contributed by atoms with Gasteiger partial charge < -0.3 is 4.98 Å². The summed E-state index contributed by atoms with van der Waals surface area (Å²) in [6, 6.07) is 7.03. The lowest BCUT2D eigenvalue weighted by Crippen LogP contribution is -2.31. The maximum atomic E-state index is 12.4. The Morgan fingerprint density at radius 3 is 2.48 bits per heavy atom. The third-order valence-corrected chi connectivity index (χ3v) is 6.22. The molecule has 2 aromatic rings. The molecular weight excluding hydrogens is 314 g/mol. The van der Waals surface area contributed by atoms with Gasteiger partial charge in [-0.25, -0.2) is 4.98 Å². The van der Waals surface area contributed by atoms with Gasteiger partial charge in [0.15, 0.2) is 0 Å². The fraction of sp³-hybridized carbons (Fsp3) is 0.450. The number of aromatic nitrogens is 2. The zero-order valence-electron chi connectivity index (χ0n) is 14.1. The highest BCUT2D eigenvalue weighted by atomic mass is 16.2. The third-order valence-electron chi connectivity index (χ3n) is 6.22. The lowest BCUT2D eigenvalue weighted by molar-refractivity contribution is 0.0656. The molecule has 0 saturated heterocycles. The highest BCUT2D eigenvalue weighted by Crippen LogP contribution is 2.52. The second-order valence-corrected chi connectivity index (χ2v) is 7.63. The Hall–Kier alpha value is -2.43. The smallest absolute Gasteiger partial charge is 0.261 e. The summed E-state index contributed by atoms with van der Waals surface area (Å²) in [6.07, 6.45) is 7.83. The van der Waals surface area contributed by atoms with Crippen LogP contribution in [-0.2, 0) is 6.42 Å². The van der Waals surface area contributed by atoms with Gasteiger partial charge in [-0.1, -0.05) is 18.6 Å². The molecule has 0 radical (unpaired) electrons. The summed E-state index contributed by atoms with van der Waals surface area (Å²) in [5, 5.41) is 0. The number of carbonyl (C=O) groups excluding carboxylic acids is 2. The van der Waals surface area contributed by atoms with Crippen LogP contribution in [0.3, 0.4) is 0 Å². The van der Waals surface area contributed by atoms with E-state index in [1.165, 1.54) is 30.6 Å². The first-order valence-corrected chi connectivity index (χ1v) is 9.19. The summed E-state index contributed by atoms with van der Waals surface area (Å²) in [5.74, 6) is 2.99. The number of amides is 2. The Morgan fingerprint density at radius 1 is 1.08 bits per heavy atom. The first-order chi connectivity index (χ1) is 12.2. The van der Waals surface area contributed by atoms with Crippen molar-refractivity contribution in [2.45, 2.75) is 38.0 Å². The van der Waals surface area contributed by atoms with Crippen molar-refractivity contribution in [1.82, 2.24) is 14.9 Å². The van der Waals surface area contributed by atoms with E-state index in [-0.39, 0.29) is 11.8 Å². The summed E-state index contributed by atoms with van der Waals surface area (Å²) >= 11 is 0. The monoisotopic (exact) mass is 335 g/mol. The summed E-state index contributed by atoms with van der Waals surface area (Å²) in [7, 11) is 0. The number of imide groups is 1. The highest BCUT2D eigenvalue weighted by Gasteiger charge is 2.41. The molecule has 3 atom stereocenters. The molecule has 2 amide bonds. The second-order valence-electron chi connectivity index (χ2n) is 7.63. The first kappa shape index (κ1) is 14.9. The fourth-order valence-corrected chi connectivity index (χ4v) is 4.95. The lowest BCUT2D eigenvalue weighted by atomic mass is 9.88. The molecule has 2 fully saturated rings. The predicted molar refractivity (Wildman–Crippen MR) is 92.3 cm³/mol. The van der Waals surface area contributed by atoms with Crippen LogP contribution in [0.5, 0.6) is 0 Å². The maximum Gasteiger partial charge on any atom is 0.261 e. The molecule has 1 aromatic carbocycles. The largest absolute Gasteiger partial charge is 0.346 e. The molecule has 5 rings (SSSR count). The standard InChI is InChI=1S/C20H21N3O2/c24-19-15-3-1-2-4-16(15)20(25)23(19)8-7-14-11-21-18(22-14)17-10-12-5-6-13(17)9-12/h1-4,11-13,17H,5-10H2,(H,21,22)/t12-,13+,17?/m1/s1. The molecule has 1 aliphatic heterocycles. The Morgan fingerprint density at radius 2 is 1.84 bits per heavy atom. The van der Waals surface area contributed by atoms with E-state index in [2.05, 4.69) is 9.97 Å². The predicted octanol–water partition coefficient (Wildman–Crippen LogP) is 3.15. The molecule has 2 saturated carbocycles. The minimum atomic E-state index is -0.187. The SMILES string of the molecule is O=C1c2ccccc2C(=O)N1CCc1cnc(C2C[C@@H]3CC[C@H]2C3)[nH]1. The molecule has 3 aliphatic rings. The lowest BCUT2D eigenvalue weighted by Gasteiger charge is -2.19. The van der Waals surface area contributed by atoms with Gasteiger partial charge in [0.2, 0.25) is 0 Å². The molecule has 2 aliphatic carbocycles. The van der Waals surface area contributed by atoms with Gasteiger partial charge in [0.1, 0.15) is 5.82 Å². The first-order valence-electron chi connectivity index (χ1n) is 9.19. The van der Waals surface area contributed by atoms with E-state index in [0.29, 0.717) is 30.0 Å². The van der Waals surface area contributed by atoms with E-state index in [1.54, 1.807) is 24.3 Å². The third kappa shape index (κ3) is 2.33. The molecule has 128 valence electrons. The molecule has 25 heavy (non-hydrogen) atoms. The summed E-state index contributed by atoms with van der Waals surface area (Å²) < 4.78 is 0. The maximum absolute atomic E-state index is 12.4. The average Bonchev–Trinajstić information content (AvgIpc) is 3.40. The molecule has 1 unspecified atom stereocenters. The zero-order chi connectivity index (χ0) is 17.0. The van der Waals surface area contributed by atoms with Crippen molar-refractivity contribution in [2.75, 3.05) is 6.54 Å². The van der Waals surface area contributed by atoms with Gasteiger partial charge in [-0.05, 0) is 43.2 Å². The van der Waals surface area contributed by atoms with E-state index < -0.39 is 0 Å². The number of rotatable bonds is 4. The van der Waals surface area contributed by atoms with Crippen LogP contribution in [0.1, 0.15) is 63.8 Å². The highest BCUT2D eigenvalue weighted by molar-refractivity contribution is 6.21. The number of aromatic amines is 1. The van der Waals surface area contributed by atoms with Crippen molar-refractivity contribution in [3.05, 3.63) is 53.1 Å². The number of H-pyrrole nitrogens is 1. The van der Waals surface area contributed by atoms with Crippen molar-refractivity contribution < 1.29 is 9.59 Å². The molecule has 5 heteroatoms.